The molecule has 2 rings (SSSR count). The minimum atomic E-state index is -3.54. The SMILES string of the molecule is C[C@H](OC(=O)c1cc(S(C)(=O)=O)ccc1Cl)C(=O)Nc1cc(Cl)ccc1Cl. The Balaban J connectivity index is 2.15. The molecule has 0 radical (unpaired) electrons. The summed E-state index contributed by atoms with van der Waals surface area (Å²) >= 11 is 17.8. The molecule has 0 spiro atoms. The zero-order valence-corrected chi connectivity index (χ0v) is 17.2. The number of ether oxygens (including phenoxy) is 1. The summed E-state index contributed by atoms with van der Waals surface area (Å²) in [6.45, 7) is 1.35. The quantitative estimate of drug-likeness (QED) is 0.688. The highest BCUT2D eigenvalue weighted by molar-refractivity contribution is 7.90. The van der Waals surface area contributed by atoms with E-state index in [1.54, 1.807) is 6.07 Å². The third-order valence-corrected chi connectivity index (χ3v) is 5.43. The van der Waals surface area contributed by atoms with Crippen molar-refractivity contribution in [2.75, 3.05) is 11.6 Å². The predicted octanol–water partition coefficient (Wildman–Crippen LogP) is 4.23. The molecule has 27 heavy (non-hydrogen) atoms. The fraction of sp³-hybridized carbons (Fsp3) is 0.176. The molecule has 1 atom stereocenters. The van der Waals surface area contributed by atoms with Crippen molar-refractivity contribution in [3.8, 4) is 0 Å². The van der Waals surface area contributed by atoms with Crippen LogP contribution in [0.4, 0.5) is 5.69 Å². The van der Waals surface area contributed by atoms with Crippen LogP contribution in [0.3, 0.4) is 0 Å². The monoisotopic (exact) mass is 449 g/mol. The summed E-state index contributed by atoms with van der Waals surface area (Å²) < 4.78 is 28.3. The molecule has 0 aliphatic heterocycles. The van der Waals surface area contributed by atoms with Crippen molar-refractivity contribution in [3.05, 3.63) is 57.0 Å². The fourth-order valence-corrected chi connectivity index (χ4v) is 3.18. The number of nitrogens with one attached hydrogen (secondary N) is 1. The maximum absolute atomic E-state index is 12.3. The van der Waals surface area contributed by atoms with Gasteiger partial charge in [-0.05, 0) is 43.3 Å². The van der Waals surface area contributed by atoms with E-state index in [9.17, 15) is 18.0 Å². The van der Waals surface area contributed by atoms with Gasteiger partial charge in [0.25, 0.3) is 5.91 Å². The van der Waals surface area contributed by atoms with E-state index in [0.717, 1.165) is 12.3 Å². The molecule has 0 unspecified atom stereocenters. The van der Waals surface area contributed by atoms with Gasteiger partial charge in [-0.25, -0.2) is 13.2 Å². The van der Waals surface area contributed by atoms with Crippen LogP contribution in [0.5, 0.6) is 0 Å². The number of esters is 1. The second-order valence-electron chi connectivity index (χ2n) is 5.57. The van der Waals surface area contributed by atoms with Crippen LogP contribution in [-0.4, -0.2) is 32.7 Å². The minimum Gasteiger partial charge on any atom is -0.449 e. The number of hydrogen-bond donors (Lipinski definition) is 1. The number of sulfone groups is 1. The van der Waals surface area contributed by atoms with Crippen molar-refractivity contribution in [2.24, 2.45) is 0 Å². The van der Waals surface area contributed by atoms with Gasteiger partial charge >= 0.3 is 5.97 Å². The van der Waals surface area contributed by atoms with Crippen LogP contribution in [-0.2, 0) is 19.4 Å². The number of carbonyl (C=O) groups excluding carboxylic acids is 2. The Labute approximate surface area is 171 Å². The van der Waals surface area contributed by atoms with E-state index in [-0.39, 0.29) is 26.2 Å². The van der Waals surface area contributed by atoms with Crippen molar-refractivity contribution >= 4 is 62.2 Å². The maximum atomic E-state index is 12.3. The van der Waals surface area contributed by atoms with Crippen LogP contribution >= 0.6 is 34.8 Å². The van der Waals surface area contributed by atoms with Crippen LogP contribution in [0.15, 0.2) is 41.3 Å². The molecule has 2 aromatic carbocycles. The summed E-state index contributed by atoms with van der Waals surface area (Å²) in [7, 11) is -3.54. The number of hydrogen-bond acceptors (Lipinski definition) is 5. The van der Waals surface area contributed by atoms with Gasteiger partial charge in [0.05, 0.1) is 26.2 Å². The van der Waals surface area contributed by atoms with E-state index in [0.29, 0.717) is 5.02 Å². The topological polar surface area (TPSA) is 89.5 Å². The second kappa shape index (κ2) is 8.48. The molecule has 1 amide bonds. The molecule has 0 saturated carbocycles. The number of halogens is 3. The number of rotatable bonds is 5. The van der Waals surface area contributed by atoms with Crippen LogP contribution in [0.25, 0.3) is 0 Å². The highest BCUT2D eigenvalue weighted by Gasteiger charge is 2.23. The van der Waals surface area contributed by atoms with E-state index in [2.05, 4.69) is 5.32 Å². The summed E-state index contributed by atoms with van der Waals surface area (Å²) in [5, 5.41) is 3.12. The van der Waals surface area contributed by atoms with Crippen LogP contribution in [0.1, 0.15) is 17.3 Å². The van der Waals surface area contributed by atoms with Crippen molar-refractivity contribution in [3.63, 3.8) is 0 Å². The third-order valence-electron chi connectivity index (χ3n) is 3.43. The highest BCUT2D eigenvalue weighted by Crippen LogP contribution is 2.26. The second-order valence-corrected chi connectivity index (χ2v) is 8.84. The van der Waals surface area contributed by atoms with E-state index in [1.807, 2.05) is 0 Å². The highest BCUT2D eigenvalue weighted by atomic mass is 35.5. The largest absolute Gasteiger partial charge is 0.449 e. The predicted molar refractivity (Wildman–Crippen MR) is 105 cm³/mol. The Morgan fingerprint density at radius 1 is 1.04 bits per heavy atom. The average molecular weight is 451 g/mol. The van der Waals surface area contributed by atoms with Crippen molar-refractivity contribution in [1.82, 2.24) is 0 Å². The van der Waals surface area contributed by atoms with Gasteiger partial charge in [-0.2, -0.15) is 0 Å². The van der Waals surface area contributed by atoms with Gasteiger partial charge in [0.1, 0.15) is 0 Å². The number of amides is 1. The summed E-state index contributed by atoms with van der Waals surface area (Å²) in [5.41, 5.74) is 0.0919. The van der Waals surface area contributed by atoms with Crippen molar-refractivity contribution < 1.29 is 22.7 Å². The third kappa shape index (κ3) is 5.59. The molecule has 0 heterocycles. The van der Waals surface area contributed by atoms with E-state index >= 15 is 0 Å². The van der Waals surface area contributed by atoms with Crippen LogP contribution in [0.2, 0.25) is 15.1 Å². The molecular weight excluding hydrogens is 437 g/mol. The molecule has 0 aromatic heterocycles. The average Bonchev–Trinajstić information content (AvgIpc) is 2.57. The van der Waals surface area contributed by atoms with Gasteiger partial charge in [-0.1, -0.05) is 34.8 Å². The molecule has 0 aliphatic carbocycles. The van der Waals surface area contributed by atoms with Crippen LogP contribution in [0, 0.1) is 0 Å². The van der Waals surface area contributed by atoms with E-state index in [4.69, 9.17) is 39.5 Å². The molecule has 0 bridgehead atoms. The van der Waals surface area contributed by atoms with E-state index in [1.165, 1.54) is 31.2 Å². The smallest absolute Gasteiger partial charge is 0.340 e. The molecule has 0 fully saturated rings. The first-order valence-corrected chi connectivity index (χ1v) is 10.5. The van der Waals surface area contributed by atoms with E-state index < -0.39 is 27.8 Å². The lowest BCUT2D eigenvalue weighted by atomic mass is 10.2. The van der Waals surface area contributed by atoms with Crippen LogP contribution < -0.4 is 5.32 Å². The summed E-state index contributed by atoms with van der Waals surface area (Å²) in [6, 6.07) is 8.14. The summed E-state index contributed by atoms with van der Waals surface area (Å²) in [5.74, 6) is -1.59. The first kappa shape index (κ1) is 21.5. The Kier molecular flexibility index (Phi) is 6.75. The van der Waals surface area contributed by atoms with Crippen molar-refractivity contribution in [1.29, 1.82) is 0 Å². The normalized spacial score (nSPS) is 12.3. The first-order valence-electron chi connectivity index (χ1n) is 7.45. The molecule has 6 nitrogen and oxygen atoms in total. The molecule has 0 aliphatic rings. The minimum absolute atomic E-state index is 0.00195. The number of benzene rings is 2. The number of anilines is 1. The van der Waals surface area contributed by atoms with Gasteiger partial charge in [0.15, 0.2) is 15.9 Å². The fourth-order valence-electron chi connectivity index (χ4n) is 2.00. The standard InChI is InChI=1S/C17H14Cl3NO5S/c1-9(16(22)21-15-7-10(18)3-5-14(15)20)26-17(23)12-8-11(27(2,24)25)4-6-13(12)19/h3-9H,1-2H3,(H,21,22)/t9-/m0/s1. The molecule has 2 aromatic rings. The molecule has 10 heteroatoms. The summed E-state index contributed by atoms with van der Waals surface area (Å²) in [6.07, 6.45) is -0.207. The van der Waals surface area contributed by atoms with Gasteiger partial charge < -0.3 is 10.1 Å². The lowest BCUT2D eigenvalue weighted by molar-refractivity contribution is -0.123. The number of carbonyl (C=O) groups is 2. The van der Waals surface area contributed by atoms with Crippen molar-refractivity contribution in [2.45, 2.75) is 17.9 Å². The van der Waals surface area contributed by atoms with Gasteiger partial charge in [-0.15, -0.1) is 0 Å². The van der Waals surface area contributed by atoms with Gasteiger partial charge in [-0.3, -0.25) is 4.79 Å². The lowest BCUT2D eigenvalue weighted by Gasteiger charge is -2.15. The maximum Gasteiger partial charge on any atom is 0.340 e. The molecule has 144 valence electrons. The first-order chi connectivity index (χ1) is 12.5. The zero-order chi connectivity index (χ0) is 20.4. The summed E-state index contributed by atoms with van der Waals surface area (Å²) in [4.78, 5) is 24.4. The Morgan fingerprint density at radius 3 is 2.30 bits per heavy atom. The zero-order valence-electron chi connectivity index (χ0n) is 14.1. The van der Waals surface area contributed by atoms with Gasteiger partial charge in [0.2, 0.25) is 0 Å². The molecular formula is C17H14Cl3NO5S. The molecule has 0 saturated heterocycles. The Morgan fingerprint density at radius 2 is 1.67 bits per heavy atom. The van der Waals surface area contributed by atoms with Gasteiger partial charge in [0, 0.05) is 11.3 Å². The Hall–Kier alpha value is -1.80. The lowest BCUT2D eigenvalue weighted by Crippen LogP contribution is -2.30. The Bertz CT molecular complexity index is 1010. The molecule has 1 N–H and O–H groups in total.